The van der Waals surface area contributed by atoms with E-state index < -0.39 is 59.4 Å². The molecule has 3 amide bonds. The van der Waals surface area contributed by atoms with Crippen LogP contribution in [0, 0.1) is 17.8 Å². The number of nitrogens with zero attached hydrogens (tertiary/aromatic N) is 9. The predicted molar refractivity (Wildman–Crippen MR) is 269 cm³/mol. The number of aliphatic hydroxyl groups excluding tert-OH is 1. The second-order valence-corrected chi connectivity index (χ2v) is 18.3. The van der Waals surface area contributed by atoms with Crippen molar-refractivity contribution in [1.82, 2.24) is 34.8 Å². The first-order chi connectivity index (χ1) is 36.3. The summed E-state index contributed by atoms with van der Waals surface area (Å²) in [7, 11) is 1.47. The van der Waals surface area contributed by atoms with Crippen molar-refractivity contribution in [3.05, 3.63) is 174 Å². The minimum absolute atomic E-state index is 0.0436. The fourth-order valence-corrected chi connectivity index (χ4v) is 11.2. The van der Waals surface area contributed by atoms with Crippen molar-refractivity contribution in [1.29, 1.82) is 0 Å². The van der Waals surface area contributed by atoms with Crippen LogP contribution in [0.3, 0.4) is 0 Å². The molecule has 18 heteroatoms. The molecule has 11 rings (SSSR count). The summed E-state index contributed by atoms with van der Waals surface area (Å²) in [5.74, 6) is 3.72. The lowest BCUT2D eigenvalue weighted by Gasteiger charge is -2.46. The minimum atomic E-state index is -2.10. The third kappa shape index (κ3) is 8.34. The second kappa shape index (κ2) is 20.5. The van der Waals surface area contributed by atoms with Crippen LogP contribution in [-0.2, 0) is 40.6 Å². The molecule has 2 aromatic heterocycles. The molecule has 3 fully saturated rings. The summed E-state index contributed by atoms with van der Waals surface area (Å²) in [5, 5.41) is 18.8. The third-order valence-electron chi connectivity index (χ3n) is 14.3. The smallest absolute Gasteiger partial charge is 0.421 e. The topological polar surface area (TPSA) is 195 Å². The Hall–Kier alpha value is -8.50. The highest BCUT2D eigenvalue weighted by Crippen LogP contribution is 2.67. The van der Waals surface area contributed by atoms with E-state index >= 15 is 14.4 Å². The number of cyclic esters (lactones) is 1. The Morgan fingerprint density at radius 3 is 2.27 bits per heavy atom. The first-order valence-corrected chi connectivity index (χ1v) is 24.5. The number of aliphatic hydroxyl groups is 1. The number of carbonyl (C=O) groups is 4. The van der Waals surface area contributed by atoms with Gasteiger partial charge in [-0.05, 0) is 59.2 Å². The van der Waals surface area contributed by atoms with Gasteiger partial charge in [0.2, 0.25) is 17.8 Å². The van der Waals surface area contributed by atoms with Crippen molar-refractivity contribution in [3.8, 4) is 17.6 Å². The summed E-state index contributed by atoms with van der Waals surface area (Å²) < 4.78 is 25.7. The summed E-state index contributed by atoms with van der Waals surface area (Å²) in [6.07, 6.45) is 1.36. The number of fused-ring (bicyclic) bond motifs is 4. The van der Waals surface area contributed by atoms with Gasteiger partial charge >= 0.3 is 12.1 Å². The fourth-order valence-electron chi connectivity index (χ4n) is 11.2. The maximum atomic E-state index is 16.7. The van der Waals surface area contributed by atoms with E-state index in [2.05, 4.69) is 32.1 Å². The summed E-state index contributed by atoms with van der Waals surface area (Å²) in [6, 6.07) is 36.9. The highest BCUT2D eigenvalue weighted by molar-refractivity contribution is 6.23. The number of methoxy groups -OCH3 is 1. The lowest BCUT2D eigenvalue weighted by molar-refractivity contribution is -0.179. The Labute approximate surface area is 426 Å². The molecule has 6 heterocycles. The Balaban J connectivity index is 1.16. The largest absolute Gasteiger partial charge is 0.491 e. The van der Waals surface area contributed by atoms with Gasteiger partial charge in [-0.3, -0.25) is 19.3 Å². The SMILES string of the molecule is COCCOC(=O)N1C(=O)C2(c3cc(C#CCn4nnc5ccccc54)ccc31)C(C(=O)N1CCN(c3ncccn3)CC1)C1C(=O)OC(c3ccccc3)C(c3ccccc3)N1C2c1ccccc1OCCO. The van der Waals surface area contributed by atoms with Crippen LogP contribution < -0.4 is 14.5 Å². The van der Waals surface area contributed by atoms with Gasteiger partial charge in [0.05, 0.1) is 42.4 Å². The van der Waals surface area contributed by atoms with Gasteiger partial charge in [-0.25, -0.2) is 24.3 Å². The normalized spacial score (nSPS) is 22.2. The van der Waals surface area contributed by atoms with E-state index in [4.69, 9.17) is 18.9 Å². The predicted octanol–water partition coefficient (Wildman–Crippen LogP) is 5.44. The molecule has 4 aliphatic rings. The number of piperazine rings is 1. The molecule has 3 saturated heterocycles. The number of carbonyl (C=O) groups excluding carboxylic acids is 4. The molecule has 4 aliphatic heterocycles. The standard InChI is InChI=1S/C56H51N9O9/c1-71-34-35-73-55(70)64-43-24-23-37(14-12-27-63-44-21-10-9-20-42(44)59-60-63)36-41(43)56(53(64)69)46(51(67)61-28-30-62(31-29-61)54-57-25-13-26-58-54)48-52(68)74-49(39-17-6-3-7-18-39)47(38-15-4-2-5-16-38)65(48)50(56)40-19-8-11-22-45(40)72-33-32-66/h2-11,13,15-26,36,46-50,66H,27-35H2,1H3. The number of para-hydroxylation sites is 2. The molecule has 0 aliphatic carbocycles. The molecule has 0 radical (unpaired) electrons. The maximum absolute atomic E-state index is 16.7. The van der Waals surface area contributed by atoms with Crippen molar-refractivity contribution in [3.63, 3.8) is 0 Å². The maximum Gasteiger partial charge on any atom is 0.421 e. The van der Waals surface area contributed by atoms with Gasteiger partial charge < -0.3 is 33.9 Å². The van der Waals surface area contributed by atoms with Crippen LogP contribution in [-0.4, -0.2) is 130 Å². The Morgan fingerprint density at radius 1 is 0.797 bits per heavy atom. The zero-order valence-corrected chi connectivity index (χ0v) is 40.3. The molecule has 0 bridgehead atoms. The summed E-state index contributed by atoms with van der Waals surface area (Å²) in [6.45, 7) is 0.656. The number of rotatable bonds is 12. The van der Waals surface area contributed by atoms with Crippen molar-refractivity contribution in [2.45, 2.75) is 36.2 Å². The van der Waals surface area contributed by atoms with Crippen molar-refractivity contribution in [2.75, 3.05) is 69.5 Å². The van der Waals surface area contributed by atoms with Gasteiger partial charge in [-0.15, -0.1) is 5.10 Å². The highest BCUT2D eigenvalue weighted by atomic mass is 16.6. The van der Waals surface area contributed by atoms with Crippen LogP contribution in [0.25, 0.3) is 11.0 Å². The van der Waals surface area contributed by atoms with Gasteiger partial charge in [0, 0.05) is 56.8 Å². The number of morpholine rings is 1. The summed E-state index contributed by atoms with van der Waals surface area (Å²) in [5.41, 5.74) is 2.12. The number of aromatic nitrogens is 5. The summed E-state index contributed by atoms with van der Waals surface area (Å²) >= 11 is 0. The van der Waals surface area contributed by atoms with Crippen LogP contribution in [0.4, 0.5) is 16.4 Å². The van der Waals surface area contributed by atoms with E-state index in [0.29, 0.717) is 47.0 Å². The van der Waals surface area contributed by atoms with E-state index in [9.17, 15) is 9.90 Å². The molecule has 7 aromatic rings. The van der Waals surface area contributed by atoms with E-state index in [0.717, 1.165) is 16.0 Å². The number of benzene rings is 5. The zero-order chi connectivity index (χ0) is 50.8. The number of hydrogen-bond donors (Lipinski definition) is 1. The molecule has 1 spiro atoms. The Bertz CT molecular complexity index is 3270. The van der Waals surface area contributed by atoms with Gasteiger partial charge in [0.1, 0.15) is 48.6 Å². The fraction of sp³-hybridized carbons (Fsp3) is 0.286. The third-order valence-corrected chi connectivity index (χ3v) is 14.3. The molecular formula is C56H51N9O9. The van der Waals surface area contributed by atoms with E-state index in [1.807, 2.05) is 94.7 Å². The molecule has 374 valence electrons. The van der Waals surface area contributed by atoms with Gasteiger partial charge in [-0.1, -0.05) is 108 Å². The van der Waals surface area contributed by atoms with Crippen LogP contribution in [0.15, 0.2) is 146 Å². The first kappa shape index (κ1) is 47.8. The average molecular weight is 994 g/mol. The molecule has 6 atom stereocenters. The lowest BCUT2D eigenvalue weighted by atomic mass is 9.64. The number of anilines is 2. The van der Waals surface area contributed by atoms with E-state index in [1.165, 1.54) is 7.11 Å². The molecule has 0 saturated carbocycles. The molecule has 74 heavy (non-hydrogen) atoms. The Morgan fingerprint density at radius 2 is 1.51 bits per heavy atom. The van der Waals surface area contributed by atoms with E-state index in [1.54, 1.807) is 70.5 Å². The second-order valence-electron chi connectivity index (χ2n) is 18.3. The monoisotopic (exact) mass is 993 g/mol. The molecule has 6 unspecified atom stereocenters. The van der Waals surface area contributed by atoms with Gasteiger partial charge in [0.25, 0.3) is 0 Å². The lowest BCUT2D eigenvalue weighted by Crippen LogP contribution is -2.59. The number of hydrogen-bond acceptors (Lipinski definition) is 15. The van der Waals surface area contributed by atoms with Crippen molar-refractivity contribution < 1.29 is 43.2 Å². The molecule has 5 aromatic carbocycles. The van der Waals surface area contributed by atoms with Crippen LogP contribution >= 0.6 is 0 Å². The molecule has 18 nitrogen and oxygen atoms in total. The highest BCUT2D eigenvalue weighted by Gasteiger charge is 2.76. The van der Waals surface area contributed by atoms with Crippen molar-refractivity contribution in [2.24, 2.45) is 5.92 Å². The summed E-state index contributed by atoms with van der Waals surface area (Å²) in [4.78, 5) is 79.0. The van der Waals surface area contributed by atoms with Gasteiger partial charge in [0.15, 0.2) is 0 Å². The molecular weight excluding hydrogens is 943 g/mol. The van der Waals surface area contributed by atoms with Crippen LogP contribution in [0.5, 0.6) is 5.75 Å². The quantitative estimate of drug-likeness (QED) is 0.0923. The van der Waals surface area contributed by atoms with Crippen LogP contribution in [0.2, 0.25) is 0 Å². The molecule has 1 N–H and O–H groups in total. The average Bonchev–Trinajstić information content (AvgIpc) is 4.12. The zero-order valence-electron chi connectivity index (χ0n) is 40.3. The van der Waals surface area contributed by atoms with Crippen molar-refractivity contribution >= 4 is 46.5 Å². The van der Waals surface area contributed by atoms with Crippen LogP contribution in [0.1, 0.15) is 46.0 Å². The van der Waals surface area contributed by atoms with Gasteiger partial charge in [-0.2, -0.15) is 0 Å². The number of esters is 1. The number of amides is 3. The minimum Gasteiger partial charge on any atom is -0.491 e. The number of imide groups is 1. The Kier molecular flexibility index (Phi) is 13.3. The first-order valence-electron chi connectivity index (χ1n) is 24.5. The van der Waals surface area contributed by atoms with E-state index in [-0.39, 0.29) is 57.3 Å². The number of ether oxygens (including phenoxy) is 4.